The lowest BCUT2D eigenvalue weighted by atomic mass is 10.1. The van der Waals surface area contributed by atoms with E-state index < -0.39 is 7.60 Å². The van der Waals surface area contributed by atoms with Gasteiger partial charge < -0.3 is 9.84 Å². The summed E-state index contributed by atoms with van der Waals surface area (Å²) >= 11 is 0. The molecule has 0 aliphatic carbocycles. The standard InChI is InChI=1S/C12H14NO4P/c1-8(13-2)12-11(14)9-6-4-5-7-10(9)17-18(12,15)16-3/h4-7,13H,1-3H3/b12-8+. The van der Waals surface area contributed by atoms with E-state index in [1.54, 1.807) is 38.2 Å². The van der Waals surface area contributed by atoms with E-state index in [0.717, 1.165) is 0 Å². The zero-order valence-electron chi connectivity index (χ0n) is 10.4. The number of rotatable bonds is 2. The fourth-order valence-corrected chi connectivity index (χ4v) is 3.44. The van der Waals surface area contributed by atoms with Crippen LogP contribution in [0.5, 0.6) is 5.75 Å². The maximum atomic E-state index is 12.5. The maximum absolute atomic E-state index is 12.5. The highest BCUT2D eigenvalue weighted by atomic mass is 31.2. The molecule has 6 heteroatoms. The maximum Gasteiger partial charge on any atom is 0.416 e. The molecule has 1 N–H and O–H groups in total. The Morgan fingerprint density at radius 3 is 2.67 bits per heavy atom. The molecule has 18 heavy (non-hydrogen) atoms. The number of hydrogen-bond donors (Lipinski definition) is 1. The molecule has 1 aromatic rings. The Balaban J connectivity index is 2.69. The topological polar surface area (TPSA) is 64.6 Å². The molecule has 1 heterocycles. The Kier molecular flexibility index (Phi) is 3.28. The molecule has 0 saturated heterocycles. The molecule has 0 saturated carbocycles. The van der Waals surface area contributed by atoms with E-state index in [1.165, 1.54) is 7.11 Å². The SMILES string of the molecule is CN/C(C)=C1\C(=O)c2ccccc2OP1(=O)OC. The van der Waals surface area contributed by atoms with Crippen molar-refractivity contribution in [2.24, 2.45) is 0 Å². The average Bonchev–Trinajstić information content (AvgIpc) is 2.38. The van der Waals surface area contributed by atoms with E-state index in [2.05, 4.69) is 5.32 Å². The first-order valence-electron chi connectivity index (χ1n) is 5.42. The quantitative estimate of drug-likeness (QED) is 0.659. The Bertz CT molecular complexity index is 579. The number of carbonyl (C=O) groups is 1. The number of ketones is 1. The molecule has 0 fully saturated rings. The predicted octanol–water partition coefficient (Wildman–Crippen LogP) is 2.55. The predicted molar refractivity (Wildman–Crippen MR) is 67.8 cm³/mol. The van der Waals surface area contributed by atoms with Gasteiger partial charge in [-0.2, -0.15) is 0 Å². The van der Waals surface area contributed by atoms with Gasteiger partial charge in [0.05, 0.1) is 5.56 Å². The zero-order valence-corrected chi connectivity index (χ0v) is 11.3. The van der Waals surface area contributed by atoms with Crippen molar-refractivity contribution < 1.29 is 18.4 Å². The first-order chi connectivity index (χ1) is 8.53. The minimum Gasteiger partial charge on any atom is -0.420 e. The van der Waals surface area contributed by atoms with Crippen LogP contribution in [0, 0.1) is 0 Å². The summed E-state index contributed by atoms with van der Waals surface area (Å²) < 4.78 is 22.9. The second-order valence-electron chi connectivity index (χ2n) is 3.82. The highest BCUT2D eigenvalue weighted by Crippen LogP contribution is 2.60. The molecule has 1 unspecified atom stereocenters. The van der Waals surface area contributed by atoms with Crippen molar-refractivity contribution in [2.75, 3.05) is 14.2 Å². The summed E-state index contributed by atoms with van der Waals surface area (Å²) in [5.74, 6) is -0.0331. The van der Waals surface area contributed by atoms with Gasteiger partial charge in [-0.15, -0.1) is 0 Å². The van der Waals surface area contributed by atoms with Crippen LogP contribution in [0.3, 0.4) is 0 Å². The van der Waals surface area contributed by atoms with Crippen molar-refractivity contribution in [3.05, 3.63) is 40.8 Å². The van der Waals surface area contributed by atoms with Crippen LogP contribution in [0.2, 0.25) is 0 Å². The molecular weight excluding hydrogens is 253 g/mol. The molecule has 0 amide bonds. The van der Waals surface area contributed by atoms with Crippen LogP contribution in [-0.2, 0) is 9.09 Å². The van der Waals surface area contributed by atoms with Crippen molar-refractivity contribution in [3.63, 3.8) is 0 Å². The Morgan fingerprint density at radius 2 is 2.06 bits per heavy atom. The van der Waals surface area contributed by atoms with Crippen LogP contribution in [0.25, 0.3) is 0 Å². The van der Waals surface area contributed by atoms with Crippen molar-refractivity contribution in [2.45, 2.75) is 6.92 Å². The van der Waals surface area contributed by atoms with Crippen molar-refractivity contribution >= 4 is 13.4 Å². The van der Waals surface area contributed by atoms with E-state index >= 15 is 0 Å². The zero-order chi connectivity index (χ0) is 13.3. The minimum atomic E-state index is -3.60. The lowest BCUT2D eigenvalue weighted by Gasteiger charge is -2.26. The van der Waals surface area contributed by atoms with Gasteiger partial charge in [0.15, 0.2) is 0 Å². The highest BCUT2D eigenvalue weighted by molar-refractivity contribution is 7.60. The van der Waals surface area contributed by atoms with Gasteiger partial charge in [0.25, 0.3) is 0 Å². The van der Waals surface area contributed by atoms with Gasteiger partial charge in [-0.05, 0) is 19.1 Å². The van der Waals surface area contributed by atoms with Crippen LogP contribution in [0.4, 0.5) is 0 Å². The van der Waals surface area contributed by atoms with Crippen LogP contribution in [-0.4, -0.2) is 19.9 Å². The second-order valence-corrected chi connectivity index (χ2v) is 5.81. The number of hydrogen-bond acceptors (Lipinski definition) is 5. The van der Waals surface area contributed by atoms with E-state index in [4.69, 9.17) is 9.05 Å². The summed E-state index contributed by atoms with van der Waals surface area (Å²) in [6.45, 7) is 1.66. The first-order valence-corrected chi connectivity index (χ1v) is 6.96. The van der Waals surface area contributed by atoms with E-state index in [0.29, 0.717) is 17.0 Å². The summed E-state index contributed by atoms with van der Waals surface area (Å²) in [5, 5.41) is 2.87. The van der Waals surface area contributed by atoms with Gasteiger partial charge >= 0.3 is 7.60 Å². The number of allylic oxidation sites excluding steroid dienone is 2. The molecule has 5 nitrogen and oxygen atoms in total. The molecule has 1 aliphatic rings. The lowest BCUT2D eigenvalue weighted by Crippen LogP contribution is -2.20. The number of para-hydroxylation sites is 1. The molecule has 96 valence electrons. The molecule has 0 spiro atoms. The van der Waals surface area contributed by atoms with E-state index in [9.17, 15) is 9.36 Å². The molecule has 0 aromatic heterocycles. The summed E-state index contributed by atoms with van der Waals surface area (Å²) in [6, 6.07) is 6.69. The van der Waals surface area contributed by atoms with Gasteiger partial charge in [0, 0.05) is 19.9 Å². The molecule has 1 atom stereocenters. The number of carbonyl (C=O) groups excluding carboxylic acids is 1. The van der Waals surface area contributed by atoms with Crippen molar-refractivity contribution in [3.8, 4) is 5.75 Å². The summed E-state index contributed by atoms with van der Waals surface area (Å²) in [7, 11) is -0.680. The summed E-state index contributed by atoms with van der Waals surface area (Å²) in [5.41, 5.74) is 0.880. The van der Waals surface area contributed by atoms with Crippen LogP contribution < -0.4 is 9.84 Å². The lowest BCUT2D eigenvalue weighted by molar-refractivity contribution is 0.102. The first kappa shape index (κ1) is 12.9. The third kappa shape index (κ3) is 1.85. The minimum absolute atomic E-state index is 0.0613. The molecule has 1 aliphatic heterocycles. The number of benzene rings is 1. The summed E-state index contributed by atoms with van der Waals surface area (Å²) in [6.07, 6.45) is 0. The largest absolute Gasteiger partial charge is 0.420 e. The van der Waals surface area contributed by atoms with Gasteiger partial charge in [-0.1, -0.05) is 12.1 Å². The number of fused-ring (bicyclic) bond motifs is 1. The van der Waals surface area contributed by atoms with Gasteiger partial charge in [-0.3, -0.25) is 9.32 Å². The van der Waals surface area contributed by atoms with E-state index in [-0.39, 0.29) is 11.1 Å². The normalized spacial score (nSPS) is 25.2. The third-order valence-corrected chi connectivity index (χ3v) is 4.81. The number of nitrogens with one attached hydrogen (secondary N) is 1. The third-order valence-electron chi connectivity index (χ3n) is 2.81. The van der Waals surface area contributed by atoms with Gasteiger partial charge in [0.1, 0.15) is 11.1 Å². The Labute approximate surface area is 105 Å². The summed E-state index contributed by atoms with van der Waals surface area (Å²) in [4.78, 5) is 12.4. The van der Waals surface area contributed by atoms with Crippen molar-refractivity contribution in [1.82, 2.24) is 5.32 Å². The van der Waals surface area contributed by atoms with Crippen LogP contribution in [0.15, 0.2) is 35.3 Å². The molecular formula is C12H14NO4P. The fraction of sp³-hybridized carbons (Fsp3) is 0.250. The Hall–Kier alpha value is -1.58. The average molecular weight is 267 g/mol. The van der Waals surface area contributed by atoms with Gasteiger partial charge in [-0.25, -0.2) is 4.57 Å². The van der Waals surface area contributed by atoms with Crippen LogP contribution >= 0.6 is 7.60 Å². The second kappa shape index (κ2) is 4.59. The van der Waals surface area contributed by atoms with Crippen molar-refractivity contribution in [1.29, 1.82) is 0 Å². The smallest absolute Gasteiger partial charge is 0.416 e. The molecule has 0 radical (unpaired) electrons. The highest BCUT2D eigenvalue weighted by Gasteiger charge is 2.43. The molecule has 2 rings (SSSR count). The number of Topliss-reactive ketones (excluding diaryl/α,β-unsaturated/α-hetero) is 1. The fourth-order valence-electron chi connectivity index (χ4n) is 1.78. The molecule has 1 aromatic carbocycles. The monoisotopic (exact) mass is 267 g/mol. The van der Waals surface area contributed by atoms with Gasteiger partial charge in [0.2, 0.25) is 5.78 Å². The van der Waals surface area contributed by atoms with Crippen LogP contribution in [0.1, 0.15) is 17.3 Å². The molecule has 0 bridgehead atoms. The Morgan fingerprint density at radius 1 is 1.39 bits per heavy atom. The van der Waals surface area contributed by atoms with E-state index in [1.807, 2.05) is 0 Å².